The monoisotopic (exact) mass is 421 g/mol. The molecule has 6 heteroatoms. The fraction of sp³-hybridized carbons (Fsp3) is 0.368. The van der Waals surface area contributed by atoms with Crippen molar-refractivity contribution in [3.8, 4) is 5.75 Å². The number of carbonyl (C=O) groups is 1. The molecule has 0 bridgehead atoms. The fourth-order valence-corrected chi connectivity index (χ4v) is 4.72. The zero-order valence-corrected chi connectivity index (χ0v) is 16.6. The lowest BCUT2D eigenvalue weighted by Gasteiger charge is -2.18. The summed E-state index contributed by atoms with van der Waals surface area (Å²) in [5.74, 6) is 0.465. The van der Waals surface area contributed by atoms with Gasteiger partial charge in [-0.15, -0.1) is 11.3 Å². The lowest BCUT2D eigenvalue weighted by atomic mass is 9.88. The molecule has 1 aromatic carbocycles. The Bertz CT molecular complexity index is 828. The van der Waals surface area contributed by atoms with Crippen molar-refractivity contribution >= 4 is 44.5 Å². The minimum atomic E-state index is -0.305. The number of aliphatic imine (C=N–C) groups is 1. The predicted octanol–water partition coefficient (Wildman–Crippen LogP) is 5.27. The molecule has 0 fully saturated rings. The summed E-state index contributed by atoms with van der Waals surface area (Å²) in [5, 5.41) is 10.6. The van der Waals surface area contributed by atoms with Gasteiger partial charge in [-0.25, -0.2) is 9.79 Å². The minimum Gasteiger partial charge on any atom is -0.507 e. The molecular formula is C19H20BrNO3S. The van der Waals surface area contributed by atoms with Crippen LogP contribution in [0.2, 0.25) is 0 Å². The smallest absolute Gasteiger partial charge is 0.341 e. The van der Waals surface area contributed by atoms with Crippen LogP contribution in [0.25, 0.3) is 0 Å². The molecule has 0 aliphatic heterocycles. The molecule has 1 aliphatic carbocycles. The van der Waals surface area contributed by atoms with Crippen molar-refractivity contribution in [2.24, 2.45) is 10.9 Å². The van der Waals surface area contributed by atoms with Crippen molar-refractivity contribution in [1.82, 2.24) is 0 Å². The third kappa shape index (κ3) is 3.96. The molecule has 0 saturated heterocycles. The van der Waals surface area contributed by atoms with Gasteiger partial charge in [0.05, 0.1) is 12.2 Å². The van der Waals surface area contributed by atoms with Crippen LogP contribution in [0, 0.1) is 5.92 Å². The standard InChI is InChI=1S/C19H20BrNO3S/c1-3-24-19(23)17-14-6-4-11(2)8-16(14)25-18(17)21-10-12-9-13(20)5-7-15(12)22/h5,7,9-11,22H,3-4,6,8H2,1-2H3/t11-/m1/s1. The molecule has 1 atom stereocenters. The van der Waals surface area contributed by atoms with Gasteiger partial charge in [0.2, 0.25) is 0 Å². The summed E-state index contributed by atoms with van der Waals surface area (Å²) in [6.07, 6.45) is 4.54. The van der Waals surface area contributed by atoms with E-state index >= 15 is 0 Å². The number of hydrogen-bond acceptors (Lipinski definition) is 5. The maximum Gasteiger partial charge on any atom is 0.341 e. The number of phenolic OH excluding ortho intramolecular Hbond substituents is 1. The number of esters is 1. The van der Waals surface area contributed by atoms with E-state index in [-0.39, 0.29) is 11.7 Å². The van der Waals surface area contributed by atoms with Crippen LogP contribution in [-0.4, -0.2) is 23.9 Å². The first-order chi connectivity index (χ1) is 12.0. The highest BCUT2D eigenvalue weighted by molar-refractivity contribution is 9.10. The fourth-order valence-electron chi connectivity index (χ4n) is 3.00. The molecule has 1 aliphatic rings. The Kier molecular flexibility index (Phi) is 5.59. The molecule has 1 heterocycles. The molecule has 3 rings (SSSR count). The number of benzene rings is 1. The van der Waals surface area contributed by atoms with Crippen LogP contribution in [0.1, 0.15) is 46.6 Å². The summed E-state index contributed by atoms with van der Waals surface area (Å²) in [6, 6.07) is 5.17. The number of halogens is 1. The van der Waals surface area contributed by atoms with Crippen molar-refractivity contribution in [3.63, 3.8) is 0 Å². The topological polar surface area (TPSA) is 58.9 Å². The number of rotatable bonds is 4. The van der Waals surface area contributed by atoms with E-state index in [0.29, 0.717) is 28.7 Å². The maximum atomic E-state index is 12.5. The average Bonchev–Trinajstić information content (AvgIpc) is 2.93. The molecule has 0 amide bonds. The van der Waals surface area contributed by atoms with Gasteiger partial charge in [0, 0.05) is 21.1 Å². The second-order valence-electron chi connectivity index (χ2n) is 6.21. The highest BCUT2D eigenvalue weighted by Crippen LogP contribution is 2.41. The molecule has 2 aromatic rings. The Balaban J connectivity index is 2.01. The van der Waals surface area contributed by atoms with Gasteiger partial charge in [-0.2, -0.15) is 0 Å². The number of nitrogens with zero attached hydrogens (tertiary/aromatic N) is 1. The van der Waals surface area contributed by atoms with E-state index in [9.17, 15) is 9.90 Å². The van der Waals surface area contributed by atoms with Crippen molar-refractivity contribution in [1.29, 1.82) is 0 Å². The van der Waals surface area contributed by atoms with E-state index in [1.807, 2.05) is 0 Å². The van der Waals surface area contributed by atoms with E-state index in [4.69, 9.17) is 4.74 Å². The number of thiophene rings is 1. The zero-order chi connectivity index (χ0) is 18.0. The quantitative estimate of drug-likeness (QED) is 0.540. The Morgan fingerprint density at radius 2 is 2.32 bits per heavy atom. The molecule has 1 N–H and O–H groups in total. The second kappa shape index (κ2) is 7.70. The molecule has 25 heavy (non-hydrogen) atoms. The lowest BCUT2D eigenvalue weighted by molar-refractivity contribution is 0.0526. The SMILES string of the molecule is CCOC(=O)c1c(N=Cc2cc(Br)ccc2O)sc2c1CC[C@@H](C)C2. The van der Waals surface area contributed by atoms with Crippen LogP contribution >= 0.6 is 27.3 Å². The number of phenols is 1. The molecule has 0 spiro atoms. The van der Waals surface area contributed by atoms with Gasteiger partial charge in [-0.3, -0.25) is 0 Å². The highest BCUT2D eigenvalue weighted by atomic mass is 79.9. The Morgan fingerprint density at radius 3 is 3.08 bits per heavy atom. The first kappa shape index (κ1) is 18.1. The van der Waals surface area contributed by atoms with E-state index in [0.717, 1.165) is 29.3 Å². The Hall–Kier alpha value is -1.66. The predicted molar refractivity (Wildman–Crippen MR) is 105 cm³/mol. The van der Waals surface area contributed by atoms with E-state index in [1.165, 1.54) is 4.88 Å². The molecule has 132 valence electrons. The van der Waals surface area contributed by atoms with Crippen LogP contribution in [-0.2, 0) is 17.6 Å². The lowest BCUT2D eigenvalue weighted by Crippen LogP contribution is -2.13. The summed E-state index contributed by atoms with van der Waals surface area (Å²) >= 11 is 4.95. The number of fused-ring (bicyclic) bond motifs is 1. The van der Waals surface area contributed by atoms with Crippen LogP contribution in [0.5, 0.6) is 5.75 Å². The van der Waals surface area contributed by atoms with Gasteiger partial charge in [0.15, 0.2) is 0 Å². The van der Waals surface area contributed by atoms with Crippen LogP contribution < -0.4 is 0 Å². The van der Waals surface area contributed by atoms with E-state index in [2.05, 4.69) is 27.8 Å². The average molecular weight is 422 g/mol. The first-order valence-electron chi connectivity index (χ1n) is 8.33. The number of carbonyl (C=O) groups excluding carboxylic acids is 1. The Labute approximate surface area is 159 Å². The first-order valence-corrected chi connectivity index (χ1v) is 9.94. The van der Waals surface area contributed by atoms with Crippen LogP contribution in [0.3, 0.4) is 0 Å². The van der Waals surface area contributed by atoms with Crippen LogP contribution in [0.4, 0.5) is 5.00 Å². The summed E-state index contributed by atoms with van der Waals surface area (Å²) in [7, 11) is 0. The van der Waals surface area contributed by atoms with Crippen molar-refractivity contribution in [3.05, 3.63) is 44.2 Å². The van der Waals surface area contributed by atoms with E-state index < -0.39 is 0 Å². The Morgan fingerprint density at radius 1 is 1.52 bits per heavy atom. The number of ether oxygens (including phenoxy) is 1. The van der Waals surface area contributed by atoms with Gasteiger partial charge >= 0.3 is 5.97 Å². The summed E-state index contributed by atoms with van der Waals surface area (Å²) in [4.78, 5) is 18.2. The van der Waals surface area contributed by atoms with Gasteiger partial charge in [0.25, 0.3) is 0 Å². The largest absolute Gasteiger partial charge is 0.507 e. The molecule has 0 saturated carbocycles. The molecular weight excluding hydrogens is 402 g/mol. The van der Waals surface area contributed by atoms with Gasteiger partial charge in [-0.05, 0) is 55.9 Å². The molecule has 0 radical (unpaired) electrons. The van der Waals surface area contributed by atoms with E-state index in [1.54, 1.807) is 42.7 Å². The summed E-state index contributed by atoms with van der Waals surface area (Å²) in [6.45, 7) is 4.38. The highest BCUT2D eigenvalue weighted by Gasteiger charge is 2.28. The third-order valence-corrected chi connectivity index (χ3v) is 5.94. The zero-order valence-electron chi connectivity index (χ0n) is 14.2. The summed E-state index contributed by atoms with van der Waals surface area (Å²) in [5.41, 5.74) is 2.29. The van der Waals surface area contributed by atoms with Crippen molar-refractivity contribution < 1.29 is 14.6 Å². The van der Waals surface area contributed by atoms with Gasteiger partial charge in [-0.1, -0.05) is 22.9 Å². The van der Waals surface area contributed by atoms with Crippen molar-refractivity contribution in [2.45, 2.75) is 33.1 Å². The van der Waals surface area contributed by atoms with Crippen LogP contribution in [0.15, 0.2) is 27.7 Å². The minimum absolute atomic E-state index is 0.152. The van der Waals surface area contributed by atoms with Gasteiger partial charge < -0.3 is 9.84 Å². The normalized spacial score (nSPS) is 16.8. The number of hydrogen-bond donors (Lipinski definition) is 1. The third-order valence-electron chi connectivity index (χ3n) is 4.28. The molecule has 1 aromatic heterocycles. The van der Waals surface area contributed by atoms with Crippen molar-refractivity contribution in [2.75, 3.05) is 6.61 Å². The second-order valence-corrected chi connectivity index (χ2v) is 8.21. The summed E-state index contributed by atoms with van der Waals surface area (Å²) < 4.78 is 6.11. The maximum absolute atomic E-state index is 12.5. The number of aromatic hydroxyl groups is 1. The molecule has 4 nitrogen and oxygen atoms in total. The molecule has 0 unspecified atom stereocenters. The van der Waals surface area contributed by atoms with Gasteiger partial charge in [0.1, 0.15) is 10.8 Å².